The number of aliphatic hydroxyl groups is 1. The highest BCUT2D eigenvalue weighted by Crippen LogP contribution is 2.25. The average Bonchev–Trinajstić information content (AvgIpc) is 2.70. The first-order chi connectivity index (χ1) is 13.4. The van der Waals surface area contributed by atoms with E-state index in [0.717, 1.165) is 25.4 Å². The molecule has 1 fully saturated rings. The van der Waals surface area contributed by atoms with E-state index in [0.29, 0.717) is 18.4 Å². The van der Waals surface area contributed by atoms with Gasteiger partial charge in [-0.3, -0.25) is 9.69 Å². The lowest BCUT2D eigenvalue weighted by atomic mass is 9.90. The van der Waals surface area contributed by atoms with Gasteiger partial charge in [0.1, 0.15) is 10.9 Å². The van der Waals surface area contributed by atoms with Crippen LogP contribution in [0.25, 0.3) is 0 Å². The van der Waals surface area contributed by atoms with E-state index in [9.17, 15) is 9.90 Å². The van der Waals surface area contributed by atoms with Crippen LogP contribution in [0.1, 0.15) is 28.8 Å². The first kappa shape index (κ1) is 20.6. The molecule has 0 bridgehead atoms. The Balaban J connectivity index is 1.53. The van der Waals surface area contributed by atoms with E-state index in [1.807, 2.05) is 12.1 Å². The lowest BCUT2D eigenvalue weighted by Crippen LogP contribution is -2.51. The molecule has 7 heteroatoms. The fraction of sp³-hybridized carbons (Fsp3) is 0.429. The van der Waals surface area contributed by atoms with E-state index in [1.165, 1.54) is 10.5 Å². The highest BCUT2D eigenvalue weighted by atomic mass is 35.5. The summed E-state index contributed by atoms with van der Waals surface area (Å²) in [5.74, 6) is 0.616. The molecule has 150 valence electrons. The number of nitrogens with zero attached hydrogens (tertiary/aromatic N) is 3. The number of aromatic nitrogens is 1. The number of hydrogen-bond donors (Lipinski definition) is 1. The molecule has 1 N–H and O–H groups in total. The first-order valence-electron chi connectivity index (χ1n) is 9.34. The molecule has 0 atom stereocenters. The predicted molar refractivity (Wildman–Crippen MR) is 109 cm³/mol. The Morgan fingerprint density at radius 2 is 1.96 bits per heavy atom. The maximum Gasteiger partial charge on any atom is 0.256 e. The molecule has 1 aromatic heterocycles. The van der Waals surface area contributed by atoms with E-state index < -0.39 is 5.60 Å². The molecule has 6 nitrogen and oxygen atoms in total. The van der Waals surface area contributed by atoms with Crippen molar-refractivity contribution in [1.29, 1.82) is 0 Å². The molecular weight excluding hydrogens is 378 g/mol. The second kappa shape index (κ2) is 8.90. The van der Waals surface area contributed by atoms with Crippen LogP contribution >= 0.6 is 11.6 Å². The van der Waals surface area contributed by atoms with E-state index in [-0.39, 0.29) is 17.6 Å². The largest absolute Gasteiger partial charge is 0.497 e. The van der Waals surface area contributed by atoms with Crippen LogP contribution < -0.4 is 4.74 Å². The molecule has 2 heterocycles. The van der Waals surface area contributed by atoms with Gasteiger partial charge in [-0.15, -0.1) is 0 Å². The molecule has 1 aromatic carbocycles. The summed E-state index contributed by atoms with van der Waals surface area (Å²) in [7, 11) is 3.35. The molecule has 2 aromatic rings. The molecule has 0 saturated carbocycles. The van der Waals surface area contributed by atoms with Crippen LogP contribution in [0.5, 0.6) is 5.75 Å². The second-order valence-electron chi connectivity index (χ2n) is 7.35. The first-order valence-corrected chi connectivity index (χ1v) is 9.72. The van der Waals surface area contributed by atoms with Crippen molar-refractivity contribution in [2.75, 3.05) is 33.8 Å². The van der Waals surface area contributed by atoms with Crippen LogP contribution in [0, 0.1) is 0 Å². The summed E-state index contributed by atoms with van der Waals surface area (Å²) in [6.45, 7) is 2.66. The van der Waals surface area contributed by atoms with Gasteiger partial charge < -0.3 is 14.7 Å². The maximum atomic E-state index is 12.6. The number of hydrogen-bond acceptors (Lipinski definition) is 5. The highest BCUT2D eigenvalue weighted by Gasteiger charge is 2.34. The zero-order chi connectivity index (χ0) is 20.1. The summed E-state index contributed by atoms with van der Waals surface area (Å²) < 4.78 is 5.19. The van der Waals surface area contributed by atoms with Gasteiger partial charge in [-0.1, -0.05) is 23.7 Å². The van der Waals surface area contributed by atoms with Crippen LogP contribution in [0.4, 0.5) is 0 Å². The molecule has 0 radical (unpaired) electrons. The van der Waals surface area contributed by atoms with Crippen LogP contribution in [0.3, 0.4) is 0 Å². The lowest BCUT2D eigenvalue weighted by molar-refractivity contribution is -0.0389. The third kappa shape index (κ3) is 5.01. The molecule has 0 unspecified atom stereocenters. The number of halogens is 1. The number of benzene rings is 1. The van der Waals surface area contributed by atoms with Gasteiger partial charge >= 0.3 is 0 Å². The summed E-state index contributed by atoms with van der Waals surface area (Å²) >= 11 is 6.02. The Morgan fingerprint density at radius 1 is 1.29 bits per heavy atom. The zero-order valence-corrected chi connectivity index (χ0v) is 17.0. The Hall–Kier alpha value is -2.15. The topological polar surface area (TPSA) is 65.9 Å². The van der Waals surface area contributed by atoms with E-state index >= 15 is 0 Å². The predicted octanol–water partition coefficient (Wildman–Crippen LogP) is 2.84. The Kier molecular flexibility index (Phi) is 6.54. The normalized spacial score (nSPS) is 16.6. The van der Waals surface area contributed by atoms with Crippen molar-refractivity contribution in [2.24, 2.45) is 0 Å². The van der Waals surface area contributed by atoms with Gasteiger partial charge in [0, 0.05) is 39.4 Å². The molecule has 1 aliphatic heterocycles. The summed E-state index contributed by atoms with van der Waals surface area (Å²) in [6.07, 6.45) is 2.77. The van der Waals surface area contributed by atoms with Gasteiger partial charge in [-0.05, 0) is 42.7 Å². The summed E-state index contributed by atoms with van der Waals surface area (Å²) in [5.41, 5.74) is 0.673. The van der Waals surface area contributed by atoms with E-state index in [1.54, 1.807) is 32.5 Å². The third-order valence-corrected chi connectivity index (χ3v) is 5.52. The number of rotatable bonds is 6. The molecule has 0 spiro atoms. The fourth-order valence-electron chi connectivity index (χ4n) is 3.54. The molecule has 1 aliphatic rings. The van der Waals surface area contributed by atoms with Gasteiger partial charge in [-0.2, -0.15) is 0 Å². The Bertz CT molecular complexity index is 805. The summed E-state index contributed by atoms with van der Waals surface area (Å²) in [6, 6.07) is 11.4. The van der Waals surface area contributed by atoms with Crippen molar-refractivity contribution in [3.05, 3.63) is 58.9 Å². The molecular formula is C21H26ClN3O3. The number of likely N-dealkylation sites (N-methyl/N-ethyl adjacent to an activating group) is 1. The SMILES string of the molecule is COc1ccc(CN2CCC(O)(CN(C)C(=O)c3cccnc3Cl)CC2)cc1. The number of carbonyl (C=O) groups is 1. The third-order valence-electron chi connectivity index (χ3n) is 5.22. The number of ether oxygens (including phenoxy) is 1. The maximum absolute atomic E-state index is 12.6. The minimum absolute atomic E-state index is 0.181. The van der Waals surface area contributed by atoms with Gasteiger partial charge in [0.05, 0.1) is 18.3 Å². The molecule has 0 aliphatic carbocycles. The summed E-state index contributed by atoms with van der Waals surface area (Å²) in [5, 5.41) is 11.2. The van der Waals surface area contributed by atoms with Crippen molar-refractivity contribution in [3.8, 4) is 5.75 Å². The number of amides is 1. The monoisotopic (exact) mass is 403 g/mol. The Morgan fingerprint density at radius 3 is 2.57 bits per heavy atom. The zero-order valence-electron chi connectivity index (χ0n) is 16.3. The van der Waals surface area contributed by atoms with Crippen LogP contribution in [-0.2, 0) is 6.54 Å². The van der Waals surface area contributed by atoms with Crippen molar-refractivity contribution < 1.29 is 14.6 Å². The molecule has 1 saturated heterocycles. The van der Waals surface area contributed by atoms with Crippen molar-refractivity contribution in [2.45, 2.75) is 25.0 Å². The number of carbonyl (C=O) groups excluding carboxylic acids is 1. The number of pyridine rings is 1. The van der Waals surface area contributed by atoms with Crippen molar-refractivity contribution in [1.82, 2.24) is 14.8 Å². The van der Waals surface area contributed by atoms with E-state index in [4.69, 9.17) is 16.3 Å². The van der Waals surface area contributed by atoms with Gasteiger partial charge in [0.25, 0.3) is 5.91 Å². The van der Waals surface area contributed by atoms with Crippen molar-refractivity contribution in [3.63, 3.8) is 0 Å². The number of methoxy groups -OCH3 is 1. The van der Waals surface area contributed by atoms with Crippen LogP contribution in [0.2, 0.25) is 5.15 Å². The smallest absolute Gasteiger partial charge is 0.256 e. The second-order valence-corrected chi connectivity index (χ2v) is 7.71. The number of piperidine rings is 1. The average molecular weight is 404 g/mol. The van der Waals surface area contributed by atoms with Gasteiger partial charge in [-0.25, -0.2) is 4.98 Å². The molecule has 3 rings (SSSR count). The molecule has 1 amide bonds. The van der Waals surface area contributed by atoms with Crippen molar-refractivity contribution >= 4 is 17.5 Å². The standard InChI is InChI=1S/C21H26ClN3O3/c1-24(20(26)18-4-3-11-23-19(18)22)15-21(27)9-12-25(13-10-21)14-16-5-7-17(28-2)8-6-16/h3-8,11,27H,9-10,12-15H2,1-2H3. The Labute approximate surface area is 170 Å². The van der Waals surface area contributed by atoms with Gasteiger partial charge in [0.2, 0.25) is 0 Å². The summed E-state index contributed by atoms with van der Waals surface area (Å²) in [4.78, 5) is 20.4. The number of likely N-dealkylation sites (tertiary alicyclic amines) is 1. The van der Waals surface area contributed by atoms with Crippen LogP contribution in [0.15, 0.2) is 42.6 Å². The quantitative estimate of drug-likeness (QED) is 0.751. The van der Waals surface area contributed by atoms with Gasteiger partial charge in [0.15, 0.2) is 0 Å². The van der Waals surface area contributed by atoms with Crippen LogP contribution in [-0.4, -0.2) is 65.2 Å². The lowest BCUT2D eigenvalue weighted by Gasteiger charge is -2.40. The minimum Gasteiger partial charge on any atom is -0.497 e. The van der Waals surface area contributed by atoms with E-state index in [2.05, 4.69) is 22.0 Å². The molecule has 28 heavy (non-hydrogen) atoms. The fourth-order valence-corrected chi connectivity index (χ4v) is 3.74. The minimum atomic E-state index is -0.893. The highest BCUT2D eigenvalue weighted by molar-refractivity contribution is 6.32.